The number of carbonyl (C=O) groups is 2. The van der Waals surface area contributed by atoms with E-state index >= 15 is 0 Å². The molecule has 1 aliphatic rings. The number of nitrogens with zero attached hydrogens (tertiary/aromatic N) is 2. The van der Waals surface area contributed by atoms with Crippen LogP contribution >= 0.6 is 0 Å². The van der Waals surface area contributed by atoms with Gasteiger partial charge in [0, 0.05) is 27.1 Å². The van der Waals surface area contributed by atoms with Crippen LogP contribution in [0.2, 0.25) is 0 Å². The summed E-state index contributed by atoms with van der Waals surface area (Å²) in [7, 11) is 1.63. The highest BCUT2D eigenvalue weighted by atomic mass is 16.2. The van der Waals surface area contributed by atoms with Gasteiger partial charge in [0.25, 0.3) is 0 Å². The van der Waals surface area contributed by atoms with Crippen LogP contribution in [0.4, 0.5) is 0 Å². The number of amides is 2. The van der Waals surface area contributed by atoms with Gasteiger partial charge in [0.05, 0.1) is 6.54 Å². The van der Waals surface area contributed by atoms with E-state index in [1.807, 2.05) is 6.07 Å². The Balaban J connectivity index is 1.83. The van der Waals surface area contributed by atoms with Crippen LogP contribution in [0.25, 0.3) is 0 Å². The SMILES string of the molecule is CC(=O)N(C)CC(=O)NCc1cccc(CN2CCCCCC2)c1. The van der Waals surface area contributed by atoms with Gasteiger partial charge in [0.1, 0.15) is 0 Å². The fourth-order valence-electron chi connectivity index (χ4n) is 2.97. The zero-order valence-corrected chi connectivity index (χ0v) is 14.9. The summed E-state index contributed by atoms with van der Waals surface area (Å²) in [5, 5.41) is 2.88. The Hall–Kier alpha value is -1.88. The van der Waals surface area contributed by atoms with Gasteiger partial charge < -0.3 is 10.2 Å². The summed E-state index contributed by atoms with van der Waals surface area (Å²) in [4.78, 5) is 26.9. The molecule has 5 nitrogen and oxygen atoms in total. The van der Waals surface area contributed by atoms with Gasteiger partial charge in [-0.3, -0.25) is 14.5 Å². The highest BCUT2D eigenvalue weighted by Gasteiger charge is 2.11. The predicted octanol–water partition coefficient (Wildman–Crippen LogP) is 2.16. The minimum atomic E-state index is -0.134. The van der Waals surface area contributed by atoms with Gasteiger partial charge in [-0.1, -0.05) is 37.1 Å². The van der Waals surface area contributed by atoms with E-state index in [0.717, 1.165) is 12.1 Å². The molecule has 1 heterocycles. The smallest absolute Gasteiger partial charge is 0.239 e. The molecule has 1 aromatic carbocycles. The number of hydrogen-bond donors (Lipinski definition) is 1. The summed E-state index contributed by atoms with van der Waals surface area (Å²) < 4.78 is 0. The van der Waals surface area contributed by atoms with E-state index < -0.39 is 0 Å². The van der Waals surface area contributed by atoms with Crippen molar-refractivity contribution in [1.82, 2.24) is 15.1 Å². The van der Waals surface area contributed by atoms with Crippen molar-refractivity contribution in [2.45, 2.75) is 45.7 Å². The largest absolute Gasteiger partial charge is 0.350 e. The summed E-state index contributed by atoms with van der Waals surface area (Å²) in [6.07, 6.45) is 5.27. The zero-order valence-electron chi connectivity index (χ0n) is 14.9. The molecule has 1 N–H and O–H groups in total. The van der Waals surface area contributed by atoms with Crippen molar-refractivity contribution < 1.29 is 9.59 Å². The fraction of sp³-hybridized carbons (Fsp3) is 0.579. The first-order valence-electron chi connectivity index (χ1n) is 8.83. The van der Waals surface area contributed by atoms with E-state index in [1.165, 1.54) is 56.2 Å². The molecule has 0 atom stereocenters. The highest BCUT2D eigenvalue weighted by Crippen LogP contribution is 2.14. The van der Waals surface area contributed by atoms with Gasteiger partial charge in [-0.15, -0.1) is 0 Å². The molecule has 0 aliphatic carbocycles. The lowest BCUT2D eigenvalue weighted by atomic mass is 10.1. The molecule has 5 heteroatoms. The maximum Gasteiger partial charge on any atom is 0.239 e. The zero-order chi connectivity index (χ0) is 17.4. The third kappa shape index (κ3) is 6.32. The normalized spacial score (nSPS) is 15.6. The molecule has 0 radical (unpaired) electrons. The minimum Gasteiger partial charge on any atom is -0.350 e. The summed E-state index contributed by atoms with van der Waals surface area (Å²) >= 11 is 0. The van der Waals surface area contributed by atoms with Crippen molar-refractivity contribution in [3.05, 3.63) is 35.4 Å². The van der Waals surface area contributed by atoms with E-state index in [1.54, 1.807) is 7.05 Å². The lowest BCUT2D eigenvalue weighted by molar-refractivity contribution is -0.133. The van der Waals surface area contributed by atoms with Crippen molar-refractivity contribution in [2.75, 3.05) is 26.7 Å². The number of benzene rings is 1. The van der Waals surface area contributed by atoms with E-state index in [4.69, 9.17) is 0 Å². The van der Waals surface area contributed by atoms with Crippen molar-refractivity contribution >= 4 is 11.8 Å². The third-order valence-corrected chi connectivity index (χ3v) is 4.50. The Morgan fingerprint density at radius 3 is 2.46 bits per heavy atom. The molecule has 1 aromatic rings. The molecule has 2 rings (SSSR count). The lowest BCUT2D eigenvalue weighted by Crippen LogP contribution is -2.37. The second-order valence-corrected chi connectivity index (χ2v) is 6.66. The summed E-state index contributed by atoms with van der Waals surface area (Å²) in [6, 6.07) is 8.40. The van der Waals surface area contributed by atoms with Crippen LogP contribution in [0, 0.1) is 0 Å². The standard InChI is InChI=1S/C19H29N3O2/c1-16(23)21(2)15-19(24)20-13-17-8-7-9-18(12-17)14-22-10-5-3-4-6-11-22/h7-9,12H,3-6,10-11,13-15H2,1-2H3,(H,20,24). The monoisotopic (exact) mass is 331 g/mol. The van der Waals surface area contributed by atoms with Crippen LogP contribution in [-0.2, 0) is 22.7 Å². The second-order valence-electron chi connectivity index (χ2n) is 6.66. The Kier molecular flexibility index (Phi) is 7.25. The molecule has 0 saturated carbocycles. The number of carbonyl (C=O) groups excluding carboxylic acids is 2. The molecule has 2 amide bonds. The molecule has 1 fully saturated rings. The van der Waals surface area contributed by atoms with Crippen LogP contribution in [0.1, 0.15) is 43.7 Å². The average molecular weight is 331 g/mol. The first-order valence-corrected chi connectivity index (χ1v) is 8.83. The Morgan fingerprint density at radius 2 is 1.79 bits per heavy atom. The molecular weight excluding hydrogens is 302 g/mol. The number of rotatable bonds is 6. The van der Waals surface area contributed by atoms with Gasteiger partial charge in [0.15, 0.2) is 0 Å². The number of nitrogens with one attached hydrogen (secondary N) is 1. The average Bonchev–Trinajstić information content (AvgIpc) is 2.82. The van der Waals surface area contributed by atoms with Crippen LogP contribution < -0.4 is 5.32 Å². The Morgan fingerprint density at radius 1 is 1.12 bits per heavy atom. The highest BCUT2D eigenvalue weighted by molar-refractivity contribution is 5.83. The van der Waals surface area contributed by atoms with Crippen molar-refractivity contribution in [3.63, 3.8) is 0 Å². The molecule has 0 bridgehead atoms. The number of hydrogen-bond acceptors (Lipinski definition) is 3. The van der Waals surface area contributed by atoms with Crippen molar-refractivity contribution in [2.24, 2.45) is 0 Å². The summed E-state index contributed by atoms with van der Waals surface area (Å²) in [5.41, 5.74) is 2.39. The van der Waals surface area contributed by atoms with Crippen LogP contribution in [0.15, 0.2) is 24.3 Å². The lowest BCUT2D eigenvalue weighted by Gasteiger charge is -2.20. The predicted molar refractivity (Wildman–Crippen MR) is 95.3 cm³/mol. The molecule has 1 saturated heterocycles. The third-order valence-electron chi connectivity index (χ3n) is 4.50. The first-order chi connectivity index (χ1) is 11.5. The van der Waals surface area contributed by atoms with E-state index in [9.17, 15) is 9.59 Å². The van der Waals surface area contributed by atoms with E-state index in [0.29, 0.717) is 6.54 Å². The molecule has 1 aliphatic heterocycles. The maximum absolute atomic E-state index is 11.9. The van der Waals surface area contributed by atoms with Crippen molar-refractivity contribution in [1.29, 1.82) is 0 Å². The molecule has 0 aromatic heterocycles. The fourth-order valence-corrected chi connectivity index (χ4v) is 2.97. The van der Waals surface area contributed by atoms with Crippen LogP contribution in [-0.4, -0.2) is 48.3 Å². The van der Waals surface area contributed by atoms with Gasteiger partial charge >= 0.3 is 0 Å². The molecule has 132 valence electrons. The first kappa shape index (κ1) is 18.5. The quantitative estimate of drug-likeness (QED) is 0.869. The van der Waals surface area contributed by atoms with Crippen LogP contribution in [0.5, 0.6) is 0 Å². The van der Waals surface area contributed by atoms with Gasteiger partial charge in [-0.2, -0.15) is 0 Å². The molecule has 24 heavy (non-hydrogen) atoms. The number of likely N-dealkylation sites (tertiary alicyclic amines) is 1. The van der Waals surface area contributed by atoms with Crippen molar-refractivity contribution in [3.8, 4) is 0 Å². The minimum absolute atomic E-state index is 0.100. The Labute approximate surface area is 145 Å². The number of likely N-dealkylation sites (N-methyl/N-ethyl adjacent to an activating group) is 1. The summed E-state index contributed by atoms with van der Waals surface area (Å²) in [6.45, 7) is 5.40. The van der Waals surface area contributed by atoms with Gasteiger partial charge in [-0.25, -0.2) is 0 Å². The second kappa shape index (κ2) is 9.42. The Bertz CT molecular complexity index is 551. The molecule has 0 spiro atoms. The van der Waals surface area contributed by atoms with Gasteiger partial charge in [-0.05, 0) is 37.1 Å². The van der Waals surface area contributed by atoms with E-state index in [2.05, 4.69) is 28.4 Å². The molecular formula is C19H29N3O2. The van der Waals surface area contributed by atoms with Gasteiger partial charge in [0.2, 0.25) is 11.8 Å². The summed E-state index contributed by atoms with van der Waals surface area (Å²) in [5.74, 6) is -0.241. The van der Waals surface area contributed by atoms with E-state index in [-0.39, 0.29) is 18.4 Å². The topological polar surface area (TPSA) is 52.7 Å². The van der Waals surface area contributed by atoms with Crippen LogP contribution in [0.3, 0.4) is 0 Å². The molecule has 0 unspecified atom stereocenters. The maximum atomic E-state index is 11.9.